The summed E-state index contributed by atoms with van der Waals surface area (Å²) in [6.45, 7) is 8.60. The number of rotatable bonds is 1. The third kappa shape index (κ3) is 2.87. The summed E-state index contributed by atoms with van der Waals surface area (Å²) in [5.41, 5.74) is 0.130. The molecule has 0 aliphatic heterocycles. The Kier molecular flexibility index (Phi) is 5.28. The average Bonchev–Trinajstić information content (AvgIpc) is 2.81. The van der Waals surface area contributed by atoms with Gasteiger partial charge >= 0.3 is 5.97 Å². The molecule has 5 aliphatic carbocycles. The molecule has 182 valence electrons. The minimum atomic E-state index is -0.548. The first-order valence-electron chi connectivity index (χ1n) is 13.0. The van der Waals surface area contributed by atoms with Crippen LogP contribution in [0.4, 0.5) is 0 Å². The van der Waals surface area contributed by atoms with E-state index < -0.39 is 10.8 Å². The molecule has 5 rings (SSSR count). The lowest BCUT2D eigenvalue weighted by Crippen LogP contribution is -2.61. The molecule has 0 aromatic heterocycles. The van der Waals surface area contributed by atoms with E-state index in [2.05, 4.69) is 26.8 Å². The quantitative estimate of drug-likeness (QED) is 0.499. The molecule has 3 saturated carbocycles. The molecule has 5 heteroatoms. The molecule has 0 radical (unpaired) electrons. The van der Waals surface area contributed by atoms with Crippen LogP contribution in [-0.4, -0.2) is 24.6 Å². The van der Waals surface area contributed by atoms with Crippen LogP contribution in [0.1, 0.15) is 72.6 Å². The van der Waals surface area contributed by atoms with Crippen molar-refractivity contribution in [3.8, 4) is 6.07 Å². The molecule has 5 nitrogen and oxygen atoms in total. The van der Waals surface area contributed by atoms with Gasteiger partial charge in [-0.25, -0.2) is 0 Å². The maximum absolute atomic E-state index is 14.0. The maximum atomic E-state index is 14.0. The van der Waals surface area contributed by atoms with E-state index in [1.165, 1.54) is 7.11 Å². The van der Waals surface area contributed by atoms with Crippen molar-refractivity contribution in [3.63, 3.8) is 0 Å². The van der Waals surface area contributed by atoms with Crippen LogP contribution in [0.3, 0.4) is 0 Å². The fourth-order valence-electron chi connectivity index (χ4n) is 9.23. The molecule has 34 heavy (non-hydrogen) atoms. The number of Topliss-reactive ketones (excluding diaryl/α,β-unsaturated/α-hetero) is 1. The lowest BCUT2D eigenvalue weighted by Gasteiger charge is -2.63. The van der Waals surface area contributed by atoms with Gasteiger partial charge in [0.2, 0.25) is 0 Å². The third-order valence-electron chi connectivity index (χ3n) is 11.0. The highest BCUT2D eigenvalue weighted by molar-refractivity contribution is 6.02. The van der Waals surface area contributed by atoms with Gasteiger partial charge in [-0.15, -0.1) is 0 Å². The number of hydrogen-bond donors (Lipinski definition) is 0. The van der Waals surface area contributed by atoms with Gasteiger partial charge < -0.3 is 4.74 Å². The molecule has 0 bridgehead atoms. The number of nitriles is 1. The van der Waals surface area contributed by atoms with Gasteiger partial charge in [-0.2, -0.15) is 5.26 Å². The van der Waals surface area contributed by atoms with Gasteiger partial charge in [0.25, 0.3) is 0 Å². The summed E-state index contributed by atoms with van der Waals surface area (Å²) in [6, 6.07) is 2.13. The lowest BCUT2D eigenvalue weighted by atomic mass is 9.39. The highest BCUT2D eigenvalue weighted by Crippen LogP contribution is 2.68. The highest BCUT2D eigenvalue weighted by Gasteiger charge is 2.66. The second kappa shape index (κ2) is 7.64. The lowest BCUT2D eigenvalue weighted by molar-refractivity contribution is -0.179. The molecule has 3 fully saturated rings. The monoisotopic (exact) mass is 463 g/mol. The fraction of sp³-hybridized carbons (Fsp3) is 0.724. The molecule has 4 unspecified atom stereocenters. The van der Waals surface area contributed by atoms with Gasteiger partial charge in [-0.05, 0) is 80.1 Å². The number of carbonyl (C=O) groups is 3. The van der Waals surface area contributed by atoms with E-state index in [1.807, 2.05) is 19.1 Å². The Balaban J connectivity index is 1.63. The Morgan fingerprint density at radius 2 is 1.82 bits per heavy atom. The molecular formula is C29H37NO4. The first-order valence-corrected chi connectivity index (χ1v) is 13.0. The van der Waals surface area contributed by atoms with E-state index in [1.54, 1.807) is 0 Å². The van der Waals surface area contributed by atoms with Crippen molar-refractivity contribution >= 4 is 17.5 Å². The number of hydrogen-bond acceptors (Lipinski definition) is 5. The number of allylic oxidation sites excluding steroid dienone is 4. The summed E-state index contributed by atoms with van der Waals surface area (Å²) in [6.07, 6.45) is 9.92. The second-order valence-electron chi connectivity index (χ2n) is 12.5. The van der Waals surface area contributed by atoms with Gasteiger partial charge in [-0.3, -0.25) is 14.4 Å². The van der Waals surface area contributed by atoms with Crippen LogP contribution in [0.15, 0.2) is 23.3 Å². The number of fused-ring (bicyclic) bond motifs is 7. The molecule has 5 aliphatic rings. The largest absolute Gasteiger partial charge is 0.469 e. The van der Waals surface area contributed by atoms with Gasteiger partial charge in [-0.1, -0.05) is 39.3 Å². The van der Waals surface area contributed by atoms with Crippen molar-refractivity contribution < 1.29 is 19.1 Å². The highest BCUT2D eigenvalue weighted by atomic mass is 16.5. The van der Waals surface area contributed by atoms with Crippen LogP contribution >= 0.6 is 0 Å². The van der Waals surface area contributed by atoms with Crippen LogP contribution in [0, 0.1) is 63.1 Å². The van der Waals surface area contributed by atoms with Crippen LogP contribution in [0.25, 0.3) is 0 Å². The Bertz CT molecular complexity index is 1060. The van der Waals surface area contributed by atoms with Crippen molar-refractivity contribution in [1.29, 1.82) is 5.26 Å². The number of ketones is 2. The number of nitrogens with zero attached hydrogens (tertiary/aromatic N) is 1. The van der Waals surface area contributed by atoms with Crippen molar-refractivity contribution in [2.45, 2.75) is 72.6 Å². The molecule has 0 amide bonds. The van der Waals surface area contributed by atoms with Gasteiger partial charge in [0, 0.05) is 17.3 Å². The Hall–Kier alpha value is -2.22. The predicted octanol–water partition coefficient (Wildman–Crippen LogP) is 5.21. The summed E-state index contributed by atoms with van der Waals surface area (Å²) < 4.78 is 5.34. The summed E-state index contributed by atoms with van der Waals surface area (Å²) in [4.78, 5) is 40.0. The smallest absolute Gasteiger partial charge is 0.312 e. The van der Waals surface area contributed by atoms with E-state index in [0.29, 0.717) is 5.92 Å². The zero-order chi connectivity index (χ0) is 24.6. The molecule has 0 spiro atoms. The molecule has 0 aromatic rings. The van der Waals surface area contributed by atoms with E-state index in [9.17, 15) is 19.6 Å². The Labute approximate surface area is 203 Å². The van der Waals surface area contributed by atoms with E-state index >= 15 is 0 Å². The van der Waals surface area contributed by atoms with Crippen LogP contribution in [0.2, 0.25) is 0 Å². The van der Waals surface area contributed by atoms with E-state index in [4.69, 9.17) is 4.74 Å². The van der Waals surface area contributed by atoms with Gasteiger partial charge in [0.05, 0.1) is 18.1 Å². The number of methoxy groups -OCH3 is 1. The first kappa shape index (κ1) is 23.5. The standard InChI is InChI=1S/C29H37NO4/c1-16-8-9-29(26(33)34-5)11-10-27(3)20-7-6-19-17(2)25(32)18(15-30)14-28(19,4)21(20)13-23(31)24(27)22(29)12-16/h13-14,16-17,19-20,22,24H,6-12H2,1-5H3/t16-,17+,19?,20?,22?,24?,27+,28+,29+/m1/s1. The zero-order valence-electron chi connectivity index (χ0n) is 21.1. The van der Waals surface area contributed by atoms with Crippen molar-refractivity contribution in [2.75, 3.05) is 7.11 Å². The van der Waals surface area contributed by atoms with Crippen molar-refractivity contribution in [1.82, 2.24) is 0 Å². The number of ether oxygens (including phenoxy) is 1. The molecular weight excluding hydrogens is 426 g/mol. The summed E-state index contributed by atoms with van der Waals surface area (Å²) in [7, 11) is 1.48. The zero-order valence-corrected chi connectivity index (χ0v) is 21.1. The predicted molar refractivity (Wildman–Crippen MR) is 127 cm³/mol. The molecule has 9 atom stereocenters. The molecule has 0 aromatic carbocycles. The SMILES string of the molecule is COC(=O)[C@]12CC[C@@H](C)CC1C1C(=O)C=C3C(CCC4[C@H](C)C(=O)C(C#N)=C[C@]34C)[C@]1(C)CC2. The minimum absolute atomic E-state index is 0.00958. The van der Waals surface area contributed by atoms with Crippen LogP contribution in [0.5, 0.6) is 0 Å². The minimum Gasteiger partial charge on any atom is -0.469 e. The molecule has 0 heterocycles. The average molecular weight is 464 g/mol. The van der Waals surface area contributed by atoms with E-state index in [0.717, 1.165) is 50.5 Å². The second-order valence-corrected chi connectivity index (χ2v) is 12.5. The topological polar surface area (TPSA) is 84.2 Å². The van der Waals surface area contributed by atoms with Crippen molar-refractivity contribution in [3.05, 3.63) is 23.3 Å². The van der Waals surface area contributed by atoms with Crippen molar-refractivity contribution in [2.24, 2.45) is 51.8 Å². The van der Waals surface area contributed by atoms with Gasteiger partial charge in [0.1, 0.15) is 6.07 Å². The summed E-state index contributed by atoms with van der Waals surface area (Å²) in [5.74, 6) is 0.375. The van der Waals surface area contributed by atoms with Crippen LogP contribution < -0.4 is 0 Å². The normalized spacial score (nSPS) is 47.6. The summed E-state index contributed by atoms with van der Waals surface area (Å²) >= 11 is 0. The Morgan fingerprint density at radius 3 is 2.50 bits per heavy atom. The van der Waals surface area contributed by atoms with E-state index in [-0.39, 0.29) is 58.1 Å². The third-order valence-corrected chi connectivity index (χ3v) is 11.0. The first-order chi connectivity index (χ1) is 16.0. The molecule has 0 N–H and O–H groups in total. The van der Waals surface area contributed by atoms with Crippen LogP contribution in [-0.2, 0) is 19.1 Å². The fourth-order valence-corrected chi connectivity index (χ4v) is 9.23. The maximum Gasteiger partial charge on any atom is 0.312 e. The van der Waals surface area contributed by atoms with Gasteiger partial charge in [0.15, 0.2) is 11.6 Å². The number of esters is 1. The number of carbonyl (C=O) groups excluding carboxylic acids is 3. The molecule has 0 saturated heterocycles. The Morgan fingerprint density at radius 1 is 1.09 bits per heavy atom. The summed E-state index contributed by atoms with van der Waals surface area (Å²) in [5, 5.41) is 9.66.